The Morgan fingerprint density at radius 2 is 2.05 bits per heavy atom. The molecular weight excluding hydrogens is 278 g/mol. The Morgan fingerprint density at radius 3 is 2.71 bits per heavy atom. The van der Waals surface area contributed by atoms with Crippen molar-refractivity contribution in [3.8, 4) is 0 Å². The van der Waals surface area contributed by atoms with Crippen molar-refractivity contribution in [3.05, 3.63) is 10.6 Å². The molecule has 3 nitrogen and oxygen atoms in total. The standard InChI is InChI=1S/C17H31N3S/c1-6-14-15(12-18-17(3,4)5)21-16(19-14)20-11-9-7-8-10-13(20)2/h13,18H,6-12H2,1-5H3. The smallest absolute Gasteiger partial charge is 0.186 e. The van der Waals surface area contributed by atoms with E-state index in [2.05, 4.69) is 44.8 Å². The quantitative estimate of drug-likeness (QED) is 0.895. The highest BCUT2D eigenvalue weighted by atomic mass is 32.1. The molecule has 0 amide bonds. The molecule has 1 aromatic rings. The Labute approximate surface area is 134 Å². The number of nitrogens with zero attached hydrogens (tertiary/aromatic N) is 2. The lowest BCUT2D eigenvalue weighted by Crippen LogP contribution is -2.35. The van der Waals surface area contributed by atoms with Gasteiger partial charge in [-0.05, 0) is 47.0 Å². The SMILES string of the molecule is CCc1nc(N2CCCCCC2C)sc1CNC(C)(C)C. The van der Waals surface area contributed by atoms with Crippen molar-refractivity contribution in [2.45, 2.75) is 84.8 Å². The molecule has 1 saturated heterocycles. The van der Waals surface area contributed by atoms with Crippen LogP contribution in [-0.4, -0.2) is 23.1 Å². The van der Waals surface area contributed by atoms with Crippen molar-refractivity contribution in [1.29, 1.82) is 0 Å². The van der Waals surface area contributed by atoms with Crippen LogP contribution in [0.1, 0.15) is 70.9 Å². The highest BCUT2D eigenvalue weighted by Gasteiger charge is 2.22. The average molecular weight is 310 g/mol. The number of rotatable bonds is 4. The van der Waals surface area contributed by atoms with Gasteiger partial charge in [-0.1, -0.05) is 19.8 Å². The van der Waals surface area contributed by atoms with E-state index in [1.165, 1.54) is 47.9 Å². The van der Waals surface area contributed by atoms with E-state index >= 15 is 0 Å². The summed E-state index contributed by atoms with van der Waals surface area (Å²) in [7, 11) is 0. The van der Waals surface area contributed by atoms with Gasteiger partial charge in [0.2, 0.25) is 0 Å². The van der Waals surface area contributed by atoms with E-state index in [4.69, 9.17) is 4.98 Å². The molecule has 1 aliphatic rings. The monoisotopic (exact) mass is 309 g/mol. The van der Waals surface area contributed by atoms with Crippen LogP contribution in [0.3, 0.4) is 0 Å². The van der Waals surface area contributed by atoms with Gasteiger partial charge in [0.25, 0.3) is 0 Å². The lowest BCUT2D eigenvalue weighted by Gasteiger charge is -2.26. The molecule has 0 saturated carbocycles. The van der Waals surface area contributed by atoms with E-state index < -0.39 is 0 Å². The third-order valence-electron chi connectivity index (χ3n) is 4.18. The highest BCUT2D eigenvalue weighted by molar-refractivity contribution is 7.15. The van der Waals surface area contributed by atoms with E-state index in [1.807, 2.05) is 11.3 Å². The molecule has 1 atom stereocenters. The Hall–Kier alpha value is -0.610. The summed E-state index contributed by atoms with van der Waals surface area (Å²) in [5.74, 6) is 0. The number of nitrogens with one attached hydrogen (secondary N) is 1. The molecule has 4 heteroatoms. The van der Waals surface area contributed by atoms with E-state index in [-0.39, 0.29) is 5.54 Å². The largest absolute Gasteiger partial charge is 0.345 e. The zero-order chi connectivity index (χ0) is 15.5. The van der Waals surface area contributed by atoms with E-state index in [0.717, 1.165) is 13.0 Å². The zero-order valence-corrected chi connectivity index (χ0v) is 15.1. The molecule has 1 fully saturated rings. The molecule has 1 aromatic heterocycles. The minimum absolute atomic E-state index is 0.158. The van der Waals surface area contributed by atoms with E-state index in [1.54, 1.807) is 0 Å². The maximum Gasteiger partial charge on any atom is 0.186 e. The minimum Gasteiger partial charge on any atom is -0.345 e. The minimum atomic E-state index is 0.158. The van der Waals surface area contributed by atoms with Gasteiger partial charge in [0.05, 0.1) is 5.69 Å². The lowest BCUT2D eigenvalue weighted by molar-refractivity contribution is 0.425. The lowest BCUT2D eigenvalue weighted by atomic mass is 10.1. The van der Waals surface area contributed by atoms with Gasteiger partial charge < -0.3 is 10.2 Å². The van der Waals surface area contributed by atoms with Crippen LogP contribution in [0.2, 0.25) is 0 Å². The molecule has 1 unspecified atom stereocenters. The second kappa shape index (κ2) is 7.10. The van der Waals surface area contributed by atoms with Crippen molar-refractivity contribution in [3.63, 3.8) is 0 Å². The van der Waals surface area contributed by atoms with E-state index in [0.29, 0.717) is 6.04 Å². The van der Waals surface area contributed by atoms with Crippen LogP contribution in [0.5, 0.6) is 0 Å². The summed E-state index contributed by atoms with van der Waals surface area (Å²) in [6.07, 6.45) is 6.37. The van der Waals surface area contributed by atoms with Crippen LogP contribution in [0.4, 0.5) is 5.13 Å². The summed E-state index contributed by atoms with van der Waals surface area (Å²) in [6, 6.07) is 0.631. The van der Waals surface area contributed by atoms with Crippen LogP contribution in [0.25, 0.3) is 0 Å². The molecule has 0 aromatic carbocycles. The predicted octanol–water partition coefficient (Wildman–Crippen LogP) is 4.36. The summed E-state index contributed by atoms with van der Waals surface area (Å²) in [5.41, 5.74) is 1.44. The van der Waals surface area contributed by atoms with Crippen molar-refractivity contribution in [1.82, 2.24) is 10.3 Å². The number of aryl methyl sites for hydroxylation is 1. The summed E-state index contributed by atoms with van der Waals surface area (Å²) in [4.78, 5) is 8.90. The Balaban J connectivity index is 2.15. The maximum atomic E-state index is 4.95. The second-order valence-electron chi connectivity index (χ2n) is 7.22. The second-order valence-corrected chi connectivity index (χ2v) is 8.28. The van der Waals surface area contributed by atoms with Crippen molar-refractivity contribution < 1.29 is 0 Å². The molecule has 0 radical (unpaired) electrons. The molecule has 0 bridgehead atoms. The zero-order valence-electron chi connectivity index (χ0n) is 14.3. The Morgan fingerprint density at radius 1 is 1.29 bits per heavy atom. The van der Waals surface area contributed by atoms with Crippen LogP contribution >= 0.6 is 11.3 Å². The highest BCUT2D eigenvalue weighted by Crippen LogP contribution is 2.31. The first-order valence-electron chi connectivity index (χ1n) is 8.41. The first-order valence-corrected chi connectivity index (χ1v) is 9.22. The normalized spacial score (nSPS) is 20.6. The third kappa shape index (κ3) is 4.68. The van der Waals surface area contributed by atoms with Gasteiger partial charge in [0, 0.05) is 29.5 Å². The molecule has 1 N–H and O–H groups in total. The van der Waals surface area contributed by atoms with Crippen molar-refractivity contribution >= 4 is 16.5 Å². The summed E-state index contributed by atoms with van der Waals surface area (Å²) in [6.45, 7) is 13.3. The fourth-order valence-electron chi connectivity index (χ4n) is 2.81. The fraction of sp³-hybridized carbons (Fsp3) is 0.824. The molecule has 2 rings (SSSR count). The third-order valence-corrected chi connectivity index (χ3v) is 5.31. The van der Waals surface area contributed by atoms with Gasteiger partial charge in [0.15, 0.2) is 5.13 Å². The van der Waals surface area contributed by atoms with Gasteiger partial charge in [-0.25, -0.2) is 4.98 Å². The summed E-state index contributed by atoms with van der Waals surface area (Å²) in [5, 5.41) is 4.85. The Bertz CT molecular complexity index is 447. The molecule has 1 aliphatic heterocycles. The predicted molar refractivity (Wildman–Crippen MR) is 93.4 cm³/mol. The van der Waals surface area contributed by atoms with Gasteiger partial charge >= 0.3 is 0 Å². The van der Waals surface area contributed by atoms with Gasteiger partial charge in [-0.15, -0.1) is 11.3 Å². The van der Waals surface area contributed by atoms with Gasteiger partial charge in [-0.2, -0.15) is 0 Å². The fourth-order valence-corrected chi connectivity index (χ4v) is 4.03. The number of thiazole rings is 1. The number of aromatic nitrogens is 1. The molecule has 0 aliphatic carbocycles. The van der Waals surface area contributed by atoms with Gasteiger partial charge in [0.1, 0.15) is 0 Å². The molecule has 0 spiro atoms. The summed E-state index contributed by atoms with van der Waals surface area (Å²) < 4.78 is 0. The van der Waals surface area contributed by atoms with Crippen LogP contribution in [0, 0.1) is 0 Å². The van der Waals surface area contributed by atoms with E-state index in [9.17, 15) is 0 Å². The molecule has 21 heavy (non-hydrogen) atoms. The number of hydrogen-bond donors (Lipinski definition) is 1. The van der Waals surface area contributed by atoms with Crippen LogP contribution in [0.15, 0.2) is 0 Å². The first kappa shape index (κ1) is 16.8. The number of hydrogen-bond acceptors (Lipinski definition) is 4. The first-order chi connectivity index (χ1) is 9.90. The topological polar surface area (TPSA) is 28.2 Å². The van der Waals surface area contributed by atoms with Crippen molar-refractivity contribution in [2.75, 3.05) is 11.4 Å². The molecule has 2 heterocycles. The number of anilines is 1. The molecular formula is C17H31N3S. The van der Waals surface area contributed by atoms with Crippen LogP contribution in [-0.2, 0) is 13.0 Å². The van der Waals surface area contributed by atoms with Crippen LogP contribution < -0.4 is 10.2 Å². The summed E-state index contributed by atoms with van der Waals surface area (Å²) >= 11 is 1.90. The van der Waals surface area contributed by atoms with Crippen molar-refractivity contribution in [2.24, 2.45) is 0 Å². The average Bonchev–Trinajstić information content (AvgIpc) is 2.70. The van der Waals surface area contributed by atoms with Gasteiger partial charge in [-0.3, -0.25) is 0 Å². The maximum absolute atomic E-state index is 4.95. The molecule has 120 valence electrons. The Kier molecular flexibility index (Phi) is 5.67.